The fourth-order valence-electron chi connectivity index (χ4n) is 0.893. The number of nitrogens with two attached hydrogens (primary N) is 1. The molecule has 0 saturated heterocycles. The molecule has 3 N–H and O–H groups in total. The largest absolute Gasteiger partial charge is 0.369 e. The van der Waals surface area contributed by atoms with Crippen LogP contribution in [0.1, 0.15) is 0 Å². The van der Waals surface area contributed by atoms with Crippen LogP contribution in [0.15, 0.2) is 27.6 Å². The fraction of sp³-hybridized carbons (Fsp3) is 0.125. The lowest BCUT2D eigenvalue weighted by Crippen LogP contribution is -2.33. The molecule has 0 aliphatic rings. The number of halogens is 2. The minimum Gasteiger partial charge on any atom is -0.369 e. The number of primary amides is 1. The number of hydrogen-bond acceptors (Lipinski definition) is 3. The van der Waals surface area contributed by atoms with Crippen molar-refractivity contribution in [1.29, 1.82) is 0 Å². The van der Waals surface area contributed by atoms with Crippen molar-refractivity contribution in [2.75, 3.05) is 6.54 Å². The molecule has 0 heterocycles. The Hall–Kier alpha value is -0.990. The highest BCUT2D eigenvalue weighted by atomic mass is 79.9. The summed E-state index contributed by atoms with van der Waals surface area (Å²) in [6.07, 6.45) is 0. The molecule has 1 aromatic carbocycles. The summed E-state index contributed by atoms with van der Waals surface area (Å²) < 4.78 is 38.2. The van der Waals surface area contributed by atoms with Crippen molar-refractivity contribution in [2.24, 2.45) is 5.73 Å². The third-order valence-electron chi connectivity index (χ3n) is 1.64. The SMILES string of the molecule is NC(=O)CNS(=O)(=O)c1ccc(Br)c(F)c1. The number of benzene rings is 1. The number of rotatable bonds is 4. The second-order valence-electron chi connectivity index (χ2n) is 2.87. The lowest BCUT2D eigenvalue weighted by Gasteiger charge is -2.05. The second-order valence-corrected chi connectivity index (χ2v) is 5.49. The quantitative estimate of drug-likeness (QED) is 0.841. The van der Waals surface area contributed by atoms with Crippen molar-refractivity contribution in [3.8, 4) is 0 Å². The zero-order chi connectivity index (χ0) is 12.3. The normalized spacial score (nSPS) is 11.4. The third kappa shape index (κ3) is 3.26. The van der Waals surface area contributed by atoms with Crippen molar-refractivity contribution in [3.05, 3.63) is 28.5 Å². The van der Waals surface area contributed by atoms with E-state index in [-0.39, 0.29) is 9.37 Å². The van der Waals surface area contributed by atoms with Gasteiger partial charge in [-0.25, -0.2) is 17.5 Å². The smallest absolute Gasteiger partial charge is 0.241 e. The third-order valence-corrected chi connectivity index (χ3v) is 3.68. The first-order chi connectivity index (χ1) is 7.33. The lowest BCUT2D eigenvalue weighted by atomic mass is 10.3. The number of nitrogens with one attached hydrogen (secondary N) is 1. The molecule has 1 amide bonds. The van der Waals surface area contributed by atoms with Crippen LogP contribution in [0.2, 0.25) is 0 Å². The molecule has 0 aromatic heterocycles. The maximum Gasteiger partial charge on any atom is 0.241 e. The highest BCUT2D eigenvalue weighted by Crippen LogP contribution is 2.18. The van der Waals surface area contributed by atoms with E-state index < -0.39 is 28.3 Å². The molecule has 5 nitrogen and oxygen atoms in total. The van der Waals surface area contributed by atoms with Crippen LogP contribution < -0.4 is 10.5 Å². The minimum atomic E-state index is -3.91. The fourth-order valence-corrected chi connectivity index (χ4v) is 2.14. The molecule has 0 fully saturated rings. The van der Waals surface area contributed by atoms with Crippen molar-refractivity contribution in [3.63, 3.8) is 0 Å². The van der Waals surface area contributed by atoms with Gasteiger partial charge in [0.15, 0.2) is 0 Å². The zero-order valence-electron chi connectivity index (χ0n) is 7.91. The first-order valence-electron chi connectivity index (χ1n) is 4.06. The Morgan fingerprint density at radius 1 is 1.50 bits per heavy atom. The number of amides is 1. The molecule has 1 aromatic rings. The van der Waals surface area contributed by atoms with Crippen LogP contribution in [-0.2, 0) is 14.8 Å². The highest BCUT2D eigenvalue weighted by Gasteiger charge is 2.16. The predicted octanol–water partition coefficient (Wildman–Crippen LogP) is 0.352. The van der Waals surface area contributed by atoms with Crippen molar-refractivity contribution >= 4 is 31.9 Å². The van der Waals surface area contributed by atoms with Gasteiger partial charge in [-0.2, -0.15) is 0 Å². The average molecular weight is 311 g/mol. The summed E-state index contributed by atoms with van der Waals surface area (Å²) in [6, 6.07) is 3.30. The molecular formula is C8H8BrFN2O3S. The van der Waals surface area contributed by atoms with E-state index in [1.54, 1.807) is 0 Å². The van der Waals surface area contributed by atoms with Gasteiger partial charge in [0, 0.05) is 0 Å². The van der Waals surface area contributed by atoms with Crippen molar-refractivity contribution < 1.29 is 17.6 Å². The van der Waals surface area contributed by atoms with Gasteiger partial charge in [-0.15, -0.1) is 0 Å². The van der Waals surface area contributed by atoms with Crippen molar-refractivity contribution in [2.45, 2.75) is 4.90 Å². The van der Waals surface area contributed by atoms with E-state index in [2.05, 4.69) is 15.9 Å². The Morgan fingerprint density at radius 3 is 2.62 bits per heavy atom. The Kier molecular flexibility index (Phi) is 4.00. The van der Waals surface area contributed by atoms with Crippen molar-refractivity contribution in [1.82, 2.24) is 4.72 Å². The summed E-state index contributed by atoms with van der Waals surface area (Å²) in [6.45, 7) is -0.528. The number of sulfonamides is 1. The van der Waals surface area contributed by atoms with Gasteiger partial charge in [0.05, 0.1) is 15.9 Å². The molecule has 0 atom stereocenters. The summed E-state index contributed by atoms with van der Waals surface area (Å²) in [5, 5.41) is 0. The van der Waals surface area contributed by atoms with Crippen LogP contribution in [0.3, 0.4) is 0 Å². The van der Waals surface area contributed by atoms with Crippen LogP contribution >= 0.6 is 15.9 Å². The average Bonchev–Trinajstić information content (AvgIpc) is 2.19. The molecular weight excluding hydrogens is 303 g/mol. The molecule has 0 spiro atoms. The van der Waals surface area contributed by atoms with E-state index in [1.807, 2.05) is 4.72 Å². The Bertz CT molecular complexity index is 518. The molecule has 0 aliphatic heterocycles. The zero-order valence-corrected chi connectivity index (χ0v) is 10.3. The topological polar surface area (TPSA) is 89.3 Å². The van der Waals surface area contributed by atoms with Gasteiger partial charge in [0.1, 0.15) is 5.82 Å². The maximum atomic E-state index is 13.1. The first-order valence-corrected chi connectivity index (χ1v) is 6.33. The molecule has 0 unspecified atom stereocenters. The molecule has 88 valence electrons. The van der Waals surface area contributed by atoms with E-state index in [1.165, 1.54) is 12.1 Å². The van der Waals surface area contributed by atoms with Gasteiger partial charge in [0.2, 0.25) is 15.9 Å². The van der Waals surface area contributed by atoms with E-state index in [0.717, 1.165) is 6.07 Å². The number of hydrogen-bond donors (Lipinski definition) is 2. The molecule has 16 heavy (non-hydrogen) atoms. The monoisotopic (exact) mass is 310 g/mol. The molecule has 8 heteroatoms. The molecule has 0 radical (unpaired) electrons. The van der Waals surface area contributed by atoms with E-state index in [4.69, 9.17) is 5.73 Å². The highest BCUT2D eigenvalue weighted by molar-refractivity contribution is 9.10. The molecule has 0 saturated carbocycles. The Morgan fingerprint density at radius 2 is 2.12 bits per heavy atom. The minimum absolute atomic E-state index is 0.154. The van der Waals surface area contributed by atoms with Gasteiger partial charge in [0.25, 0.3) is 0 Å². The van der Waals surface area contributed by atoms with Gasteiger partial charge in [-0.3, -0.25) is 4.79 Å². The summed E-state index contributed by atoms with van der Waals surface area (Å²) in [5.74, 6) is -1.52. The van der Waals surface area contributed by atoms with E-state index in [9.17, 15) is 17.6 Å². The van der Waals surface area contributed by atoms with Crippen LogP contribution in [0.5, 0.6) is 0 Å². The van der Waals surface area contributed by atoms with Crippen LogP contribution in [0.25, 0.3) is 0 Å². The maximum absolute atomic E-state index is 13.1. The first kappa shape index (κ1) is 13.1. The van der Waals surface area contributed by atoms with Crippen LogP contribution in [0, 0.1) is 5.82 Å². The van der Waals surface area contributed by atoms with Crippen LogP contribution in [0.4, 0.5) is 4.39 Å². The predicted molar refractivity (Wildman–Crippen MR) is 58.5 cm³/mol. The summed E-state index contributed by atoms with van der Waals surface area (Å²) in [4.78, 5) is 10.1. The second kappa shape index (κ2) is 4.89. The standard InChI is InChI=1S/C8H8BrFN2O3S/c9-6-2-1-5(3-7(6)10)16(14,15)12-4-8(11)13/h1-3,12H,4H2,(H2,11,13). The summed E-state index contributed by atoms with van der Waals surface area (Å²) >= 11 is 2.89. The molecule has 1 rings (SSSR count). The van der Waals surface area contributed by atoms with Gasteiger partial charge < -0.3 is 5.73 Å². The lowest BCUT2D eigenvalue weighted by molar-refractivity contribution is -0.116. The van der Waals surface area contributed by atoms with Gasteiger partial charge in [-0.05, 0) is 34.1 Å². The molecule has 0 bridgehead atoms. The van der Waals surface area contributed by atoms with E-state index in [0.29, 0.717) is 0 Å². The van der Waals surface area contributed by atoms with E-state index >= 15 is 0 Å². The summed E-state index contributed by atoms with van der Waals surface area (Å²) in [5.41, 5.74) is 4.78. The molecule has 0 aliphatic carbocycles. The number of carbonyl (C=O) groups is 1. The summed E-state index contributed by atoms with van der Waals surface area (Å²) in [7, 11) is -3.91. The van der Waals surface area contributed by atoms with Gasteiger partial charge >= 0.3 is 0 Å². The number of carbonyl (C=O) groups excluding carboxylic acids is 1. The van der Waals surface area contributed by atoms with Crippen LogP contribution in [-0.4, -0.2) is 20.9 Å². The Balaban J connectivity index is 2.99. The Labute approximate surface area is 100 Å². The van der Waals surface area contributed by atoms with Gasteiger partial charge in [-0.1, -0.05) is 0 Å².